The summed E-state index contributed by atoms with van der Waals surface area (Å²) in [4.78, 5) is 47.1. The van der Waals surface area contributed by atoms with E-state index in [1.54, 1.807) is 6.92 Å². The van der Waals surface area contributed by atoms with Crippen LogP contribution in [0.25, 0.3) is 10.2 Å². The smallest absolute Gasteiger partial charge is 0.262 e. The zero-order valence-electron chi connectivity index (χ0n) is 16.7. The summed E-state index contributed by atoms with van der Waals surface area (Å²) in [6.45, 7) is 4.51. The molecule has 0 atom stereocenters. The first-order valence-corrected chi connectivity index (χ1v) is 10.4. The number of thiophene rings is 1. The van der Waals surface area contributed by atoms with Crippen molar-refractivity contribution in [1.82, 2.24) is 24.7 Å². The van der Waals surface area contributed by atoms with Crippen LogP contribution in [0.2, 0.25) is 0 Å². The first-order chi connectivity index (χ1) is 13.4. The van der Waals surface area contributed by atoms with E-state index in [9.17, 15) is 14.4 Å². The van der Waals surface area contributed by atoms with Gasteiger partial charge in [-0.1, -0.05) is 0 Å². The van der Waals surface area contributed by atoms with Crippen molar-refractivity contribution in [3.8, 4) is 0 Å². The number of likely N-dealkylation sites (tertiary alicyclic amines) is 1. The van der Waals surface area contributed by atoms with Crippen molar-refractivity contribution in [3.63, 3.8) is 0 Å². The molecule has 2 aromatic rings. The number of carbonyl (C=O) groups is 2. The van der Waals surface area contributed by atoms with Gasteiger partial charge < -0.3 is 15.1 Å². The molecule has 0 bridgehead atoms. The van der Waals surface area contributed by atoms with Crippen LogP contribution in [0.15, 0.2) is 11.1 Å². The number of rotatable bonds is 6. The highest BCUT2D eigenvalue weighted by Gasteiger charge is 2.21. The molecule has 8 nitrogen and oxygen atoms in total. The fourth-order valence-electron chi connectivity index (χ4n) is 3.35. The minimum Gasteiger partial charge on any atom is -0.350 e. The van der Waals surface area contributed by atoms with E-state index in [0.29, 0.717) is 27.2 Å². The molecule has 0 radical (unpaired) electrons. The third kappa shape index (κ3) is 4.41. The van der Waals surface area contributed by atoms with Crippen molar-refractivity contribution in [2.24, 2.45) is 0 Å². The van der Waals surface area contributed by atoms with E-state index in [2.05, 4.69) is 10.3 Å². The lowest BCUT2D eigenvalue weighted by atomic mass is 10.1. The van der Waals surface area contributed by atoms with Gasteiger partial charge in [-0.05, 0) is 45.8 Å². The van der Waals surface area contributed by atoms with Crippen LogP contribution in [-0.2, 0) is 11.3 Å². The van der Waals surface area contributed by atoms with Gasteiger partial charge in [-0.2, -0.15) is 0 Å². The Morgan fingerprint density at radius 3 is 2.64 bits per heavy atom. The Morgan fingerprint density at radius 1 is 1.25 bits per heavy atom. The Balaban J connectivity index is 1.81. The maximum atomic E-state index is 12.9. The van der Waals surface area contributed by atoms with Gasteiger partial charge in [0.1, 0.15) is 11.4 Å². The topological polar surface area (TPSA) is 87.5 Å². The van der Waals surface area contributed by atoms with E-state index >= 15 is 0 Å². The van der Waals surface area contributed by atoms with Crippen LogP contribution in [0.4, 0.5) is 0 Å². The largest absolute Gasteiger partial charge is 0.350 e. The Hall–Kier alpha value is -2.26. The Morgan fingerprint density at radius 2 is 1.96 bits per heavy atom. The Bertz CT molecular complexity index is 928. The van der Waals surface area contributed by atoms with E-state index in [-0.39, 0.29) is 23.9 Å². The number of nitrogens with zero attached hydrogens (tertiary/aromatic N) is 4. The lowest BCUT2D eigenvalue weighted by molar-refractivity contribution is -0.132. The number of hydrogen-bond donors (Lipinski definition) is 1. The minimum atomic E-state index is -0.267. The van der Waals surface area contributed by atoms with Gasteiger partial charge in [-0.3, -0.25) is 19.0 Å². The van der Waals surface area contributed by atoms with Gasteiger partial charge in [0, 0.05) is 26.2 Å². The second kappa shape index (κ2) is 8.83. The van der Waals surface area contributed by atoms with Gasteiger partial charge in [0.05, 0.1) is 16.6 Å². The highest BCUT2D eigenvalue weighted by Crippen LogP contribution is 2.26. The first kappa shape index (κ1) is 20.5. The summed E-state index contributed by atoms with van der Waals surface area (Å²) < 4.78 is 1.35. The van der Waals surface area contributed by atoms with Crippen molar-refractivity contribution >= 4 is 33.4 Å². The van der Waals surface area contributed by atoms with Crippen molar-refractivity contribution < 1.29 is 9.59 Å². The quantitative estimate of drug-likeness (QED) is 0.777. The second-order valence-corrected chi connectivity index (χ2v) is 8.41. The number of fused-ring (bicyclic) bond motifs is 1. The molecule has 0 aliphatic carbocycles. The molecule has 152 valence electrons. The molecule has 1 N–H and O–H groups in total. The average molecular weight is 406 g/mol. The normalized spacial score (nSPS) is 14.6. The molecule has 1 fully saturated rings. The number of aromatic nitrogens is 2. The summed E-state index contributed by atoms with van der Waals surface area (Å²) in [5, 5.41) is 3.30. The summed E-state index contributed by atoms with van der Waals surface area (Å²) in [6, 6.07) is 0. The maximum Gasteiger partial charge on any atom is 0.262 e. The number of amides is 2. The summed E-state index contributed by atoms with van der Waals surface area (Å²) in [5.41, 5.74) is 0.357. The molecule has 0 unspecified atom stereocenters. The molecule has 2 aromatic heterocycles. The van der Waals surface area contributed by atoms with E-state index < -0.39 is 0 Å². The van der Waals surface area contributed by atoms with Crippen LogP contribution in [0, 0.1) is 6.92 Å². The van der Waals surface area contributed by atoms with Crippen LogP contribution in [0.3, 0.4) is 0 Å². The van der Waals surface area contributed by atoms with Gasteiger partial charge >= 0.3 is 0 Å². The molecule has 0 aromatic carbocycles. The van der Waals surface area contributed by atoms with Gasteiger partial charge in [-0.15, -0.1) is 11.3 Å². The molecule has 1 saturated heterocycles. The number of hydrogen-bond acceptors (Lipinski definition) is 6. The summed E-state index contributed by atoms with van der Waals surface area (Å²) in [5.74, 6) is -0.254. The Kier molecular flexibility index (Phi) is 6.46. The number of carbonyl (C=O) groups excluding carboxylic acids is 2. The van der Waals surface area contributed by atoms with Crippen molar-refractivity contribution in [2.45, 2.75) is 32.7 Å². The monoisotopic (exact) mass is 405 g/mol. The van der Waals surface area contributed by atoms with Crippen LogP contribution in [-0.4, -0.2) is 71.4 Å². The van der Waals surface area contributed by atoms with Crippen LogP contribution < -0.4 is 10.9 Å². The van der Waals surface area contributed by atoms with E-state index in [0.717, 1.165) is 38.9 Å². The molecule has 2 amide bonds. The predicted octanol–water partition coefficient (Wildman–Crippen LogP) is 1.07. The van der Waals surface area contributed by atoms with E-state index in [4.69, 9.17) is 0 Å². The molecule has 0 saturated carbocycles. The average Bonchev–Trinajstić information content (AvgIpc) is 3.01. The maximum absolute atomic E-state index is 12.9. The summed E-state index contributed by atoms with van der Waals surface area (Å²) >= 11 is 1.22. The van der Waals surface area contributed by atoms with Gasteiger partial charge in [0.2, 0.25) is 5.91 Å². The van der Waals surface area contributed by atoms with E-state index in [1.807, 2.05) is 23.9 Å². The molecule has 9 heteroatoms. The molecule has 1 aliphatic rings. The van der Waals surface area contributed by atoms with Crippen LogP contribution in [0.5, 0.6) is 0 Å². The van der Waals surface area contributed by atoms with Crippen LogP contribution in [0.1, 0.15) is 34.5 Å². The number of likely N-dealkylation sites (N-methyl/N-ethyl adjacent to an activating group) is 1. The van der Waals surface area contributed by atoms with E-state index in [1.165, 1.54) is 22.2 Å². The van der Waals surface area contributed by atoms with Gasteiger partial charge in [0.25, 0.3) is 11.5 Å². The summed E-state index contributed by atoms with van der Waals surface area (Å²) in [6.07, 6.45) is 4.57. The van der Waals surface area contributed by atoms with Gasteiger partial charge in [0.15, 0.2) is 0 Å². The minimum absolute atomic E-state index is 0.0125. The fourth-order valence-corrected chi connectivity index (χ4v) is 4.41. The predicted molar refractivity (Wildman–Crippen MR) is 110 cm³/mol. The second-order valence-electron chi connectivity index (χ2n) is 7.41. The van der Waals surface area contributed by atoms with Crippen molar-refractivity contribution in [3.05, 3.63) is 27.1 Å². The molecule has 0 spiro atoms. The van der Waals surface area contributed by atoms with Gasteiger partial charge in [-0.25, -0.2) is 4.98 Å². The fraction of sp³-hybridized carbons (Fsp3) is 0.579. The third-order valence-corrected chi connectivity index (χ3v) is 6.18. The molecular weight excluding hydrogens is 378 g/mol. The molecular formula is C19H27N5O3S. The zero-order valence-corrected chi connectivity index (χ0v) is 17.5. The number of aryl methyl sites for hydroxylation is 1. The summed E-state index contributed by atoms with van der Waals surface area (Å²) in [7, 11) is 3.88. The van der Waals surface area contributed by atoms with Crippen molar-refractivity contribution in [1.29, 1.82) is 0 Å². The molecule has 3 rings (SSSR count). The molecule has 1 aliphatic heterocycles. The first-order valence-electron chi connectivity index (χ1n) is 9.57. The third-order valence-electron chi connectivity index (χ3n) is 4.98. The van der Waals surface area contributed by atoms with Crippen LogP contribution >= 0.6 is 11.3 Å². The highest BCUT2D eigenvalue weighted by molar-refractivity contribution is 7.20. The number of piperidine rings is 1. The Labute approximate surface area is 168 Å². The lowest BCUT2D eigenvalue weighted by Crippen LogP contribution is -2.39. The SMILES string of the molecule is Cc1c(C(=O)NCCN(C)C)sc2ncn(CC(=O)N3CCCCC3)c(=O)c12. The van der Waals surface area contributed by atoms with Crippen molar-refractivity contribution in [2.75, 3.05) is 40.3 Å². The number of nitrogens with one attached hydrogen (secondary N) is 1. The highest BCUT2D eigenvalue weighted by atomic mass is 32.1. The molecule has 3 heterocycles. The zero-order chi connectivity index (χ0) is 20.3. The lowest BCUT2D eigenvalue weighted by Gasteiger charge is -2.26. The molecule has 28 heavy (non-hydrogen) atoms. The standard InChI is InChI=1S/C19H27N5O3S/c1-13-15-18(28-16(13)17(26)20-7-10-22(2)3)21-12-24(19(15)27)11-14(25)23-8-5-4-6-9-23/h12H,4-11H2,1-3H3,(H,20,26).